The van der Waals surface area contributed by atoms with Gasteiger partial charge in [-0.05, 0) is 43.7 Å². The van der Waals surface area contributed by atoms with Crippen molar-refractivity contribution in [2.75, 3.05) is 17.7 Å². The molecule has 0 saturated heterocycles. The summed E-state index contributed by atoms with van der Waals surface area (Å²) in [5.74, 6) is 1.58. The third-order valence-corrected chi connectivity index (χ3v) is 4.41. The van der Waals surface area contributed by atoms with Crippen LogP contribution in [0.4, 0.5) is 11.4 Å². The predicted molar refractivity (Wildman–Crippen MR) is 75.6 cm³/mol. The second kappa shape index (κ2) is 4.44. The first-order chi connectivity index (χ1) is 9.13. The highest BCUT2D eigenvalue weighted by Gasteiger charge is 2.43. The van der Waals surface area contributed by atoms with Crippen LogP contribution in [0.2, 0.25) is 0 Å². The maximum Gasteiger partial charge on any atom is 0.250 e. The van der Waals surface area contributed by atoms with E-state index >= 15 is 0 Å². The summed E-state index contributed by atoms with van der Waals surface area (Å²) < 4.78 is 5.19. The fourth-order valence-corrected chi connectivity index (χ4v) is 3.03. The van der Waals surface area contributed by atoms with Crippen LogP contribution < -0.4 is 15.4 Å². The molecule has 1 aromatic carbocycles. The van der Waals surface area contributed by atoms with E-state index in [0.29, 0.717) is 0 Å². The van der Waals surface area contributed by atoms with Crippen molar-refractivity contribution >= 4 is 17.3 Å². The Morgan fingerprint density at radius 3 is 2.68 bits per heavy atom. The van der Waals surface area contributed by atoms with Crippen molar-refractivity contribution < 1.29 is 9.53 Å². The molecule has 0 radical (unpaired) electrons. The molecule has 4 nitrogen and oxygen atoms in total. The average molecular weight is 260 g/mol. The predicted octanol–water partition coefficient (Wildman–Crippen LogP) is 3.01. The minimum atomic E-state index is -0.409. The van der Waals surface area contributed by atoms with Gasteiger partial charge in [-0.25, -0.2) is 0 Å². The van der Waals surface area contributed by atoms with Gasteiger partial charge < -0.3 is 15.4 Å². The Balaban J connectivity index is 1.90. The third-order valence-electron chi connectivity index (χ3n) is 4.41. The molecule has 0 atom stereocenters. The minimum Gasteiger partial charge on any atom is -0.497 e. The number of rotatable bonds is 1. The van der Waals surface area contributed by atoms with E-state index in [0.717, 1.165) is 48.7 Å². The van der Waals surface area contributed by atoms with Gasteiger partial charge >= 0.3 is 0 Å². The van der Waals surface area contributed by atoms with E-state index in [2.05, 4.69) is 17.6 Å². The zero-order valence-corrected chi connectivity index (χ0v) is 11.5. The molecule has 1 aliphatic heterocycles. The van der Waals surface area contributed by atoms with Crippen LogP contribution >= 0.6 is 0 Å². The summed E-state index contributed by atoms with van der Waals surface area (Å²) in [4.78, 5) is 12.4. The van der Waals surface area contributed by atoms with Gasteiger partial charge in [0.1, 0.15) is 11.3 Å². The van der Waals surface area contributed by atoms with Gasteiger partial charge in [0.15, 0.2) is 0 Å². The van der Waals surface area contributed by atoms with Gasteiger partial charge in [0.05, 0.1) is 18.5 Å². The van der Waals surface area contributed by atoms with Crippen molar-refractivity contribution in [1.82, 2.24) is 0 Å². The van der Waals surface area contributed by atoms with Crippen molar-refractivity contribution in [2.45, 2.75) is 38.1 Å². The molecule has 1 aliphatic carbocycles. The van der Waals surface area contributed by atoms with Gasteiger partial charge in [-0.1, -0.05) is 6.92 Å². The SMILES string of the molecule is COc1ccc2c(c1)NC(=O)C1(CCC(C)CC1)N2. The van der Waals surface area contributed by atoms with Crippen LogP contribution in [-0.2, 0) is 4.79 Å². The van der Waals surface area contributed by atoms with Crippen LogP contribution in [0.1, 0.15) is 32.6 Å². The molecule has 1 saturated carbocycles. The monoisotopic (exact) mass is 260 g/mol. The average Bonchev–Trinajstić information content (AvgIpc) is 2.43. The summed E-state index contributed by atoms with van der Waals surface area (Å²) in [5.41, 5.74) is 1.40. The van der Waals surface area contributed by atoms with Gasteiger partial charge in [-0.2, -0.15) is 0 Å². The highest BCUT2D eigenvalue weighted by atomic mass is 16.5. The molecule has 1 spiro atoms. The van der Waals surface area contributed by atoms with E-state index < -0.39 is 5.54 Å². The smallest absolute Gasteiger partial charge is 0.250 e. The number of carbonyl (C=O) groups is 1. The van der Waals surface area contributed by atoms with Crippen LogP contribution in [0.3, 0.4) is 0 Å². The normalized spacial score (nSPS) is 29.4. The number of hydrogen-bond acceptors (Lipinski definition) is 3. The van der Waals surface area contributed by atoms with E-state index in [1.54, 1.807) is 7.11 Å². The molecule has 102 valence electrons. The molecule has 1 aromatic rings. The molecule has 1 heterocycles. The van der Waals surface area contributed by atoms with Gasteiger partial charge in [0.2, 0.25) is 5.91 Å². The highest BCUT2D eigenvalue weighted by molar-refractivity contribution is 6.06. The van der Waals surface area contributed by atoms with Crippen molar-refractivity contribution in [3.8, 4) is 5.75 Å². The second-order valence-electron chi connectivity index (χ2n) is 5.76. The van der Waals surface area contributed by atoms with Crippen LogP contribution in [0, 0.1) is 5.92 Å². The van der Waals surface area contributed by atoms with Crippen molar-refractivity contribution in [3.63, 3.8) is 0 Å². The molecule has 3 rings (SSSR count). The summed E-state index contributed by atoms with van der Waals surface area (Å²) in [6, 6.07) is 5.76. The Kier molecular flexibility index (Phi) is 2.88. The van der Waals surface area contributed by atoms with E-state index in [1.807, 2.05) is 18.2 Å². The summed E-state index contributed by atoms with van der Waals surface area (Å²) >= 11 is 0. The lowest BCUT2D eigenvalue weighted by Gasteiger charge is -2.42. The highest BCUT2D eigenvalue weighted by Crippen LogP contribution is 2.41. The Morgan fingerprint density at radius 1 is 1.26 bits per heavy atom. The number of fused-ring (bicyclic) bond motifs is 1. The molecular weight excluding hydrogens is 240 g/mol. The number of amides is 1. The lowest BCUT2D eigenvalue weighted by molar-refractivity contribution is -0.121. The largest absolute Gasteiger partial charge is 0.497 e. The fourth-order valence-electron chi connectivity index (χ4n) is 3.03. The molecule has 0 unspecified atom stereocenters. The van der Waals surface area contributed by atoms with Crippen LogP contribution in [0.25, 0.3) is 0 Å². The van der Waals surface area contributed by atoms with Crippen molar-refractivity contribution in [1.29, 1.82) is 0 Å². The Bertz CT molecular complexity index is 505. The van der Waals surface area contributed by atoms with E-state index in [-0.39, 0.29) is 5.91 Å². The van der Waals surface area contributed by atoms with Crippen molar-refractivity contribution in [3.05, 3.63) is 18.2 Å². The molecule has 2 N–H and O–H groups in total. The van der Waals surface area contributed by atoms with E-state index in [4.69, 9.17) is 4.74 Å². The molecule has 4 heteroatoms. The Hall–Kier alpha value is -1.71. The molecule has 1 amide bonds. The zero-order valence-electron chi connectivity index (χ0n) is 11.5. The van der Waals surface area contributed by atoms with Crippen molar-refractivity contribution in [2.24, 2.45) is 5.92 Å². The zero-order chi connectivity index (χ0) is 13.5. The number of hydrogen-bond donors (Lipinski definition) is 2. The number of anilines is 2. The van der Waals surface area contributed by atoms with E-state index in [9.17, 15) is 4.79 Å². The van der Waals surface area contributed by atoms with Gasteiger partial charge in [-0.15, -0.1) is 0 Å². The number of nitrogens with one attached hydrogen (secondary N) is 2. The number of carbonyl (C=O) groups excluding carboxylic acids is 1. The molecule has 0 aromatic heterocycles. The number of methoxy groups -OCH3 is 1. The summed E-state index contributed by atoms with van der Waals surface area (Å²) in [7, 11) is 1.63. The quantitative estimate of drug-likeness (QED) is 0.816. The first kappa shape index (κ1) is 12.3. The minimum absolute atomic E-state index is 0.0974. The second-order valence-corrected chi connectivity index (χ2v) is 5.76. The number of benzene rings is 1. The summed E-state index contributed by atoms with van der Waals surface area (Å²) in [6.45, 7) is 2.26. The molecule has 2 aliphatic rings. The fraction of sp³-hybridized carbons (Fsp3) is 0.533. The summed E-state index contributed by atoms with van der Waals surface area (Å²) in [5, 5.41) is 6.49. The molecular formula is C15H20N2O2. The molecule has 19 heavy (non-hydrogen) atoms. The van der Waals surface area contributed by atoms with Gasteiger partial charge in [-0.3, -0.25) is 4.79 Å². The standard InChI is InChI=1S/C15H20N2O2/c1-10-5-7-15(8-6-10)14(18)16-13-9-11(19-2)3-4-12(13)17-15/h3-4,9-10,17H,5-8H2,1-2H3,(H,16,18). The lowest BCUT2D eigenvalue weighted by Crippen LogP contribution is -2.54. The van der Waals surface area contributed by atoms with Gasteiger partial charge in [0.25, 0.3) is 0 Å². The topological polar surface area (TPSA) is 50.4 Å². The van der Waals surface area contributed by atoms with Crippen LogP contribution in [0.5, 0.6) is 5.75 Å². The maximum atomic E-state index is 12.4. The first-order valence-electron chi connectivity index (χ1n) is 6.91. The van der Waals surface area contributed by atoms with E-state index in [1.165, 1.54) is 0 Å². The Morgan fingerprint density at radius 2 is 2.00 bits per heavy atom. The molecule has 0 bridgehead atoms. The third kappa shape index (κ3) is 2.05. The maximum absolute atomic E-state index is 12.4. The van der Waals surface area contributed by atoms with Gasteiger partial charge in [0, 0.05) is 6.07 Å². The van der Waals surface area contributed by atoms with Crippen LogP contribution in [-0.4, -0.2) is 18.6 Å². The Labute approximate surface area is 113 Å². The molecule has 1 fully saturated rings. The lowest BCUT2D eigenvalue weighted by atomic mass is 9.75. The summed E-state index contributed by atoms with van der Waals surface area (Å²) in [6.07, 6.45) is 4.02. The van der Waals surface area contributed by atoms with Crippen LogP contribution in [0.15, 0.2) is 18.2 Å². The first-order valence-corrected chi connectivity index (χ1v) is 6.91. The number of ether oxygens (including phenoxy) is 1.